The van der Waals surface area contributed by atoms with Gasteiger partial charge >= 0.3 is 5.97 Å². The van der Waals surface area contributed by atoms with E-state index in [1.807, 2.05) is 6.92 Å². The van der Waals surface area contributed by atoms with Crippen molar-refractivity contribution in [2.24, 2.45) is 11.8 Å². The average Bonchev–Trinajstić information content (AvgIpc) is 2.83. The molecular formula is C13H19NO2S. The van der Waals surface area contributed by atoms with Gasteiger partial charge in [-0.3, -0.25) is 9.69 Å². The van der Waals surface area contributed by atoms with Gasteiger partial charge in [0.25, 0.3) is 0 Å². The quantitative estimate of drug-likeness (QED) is 0.900. The topological polar surface area (TPSA) is 40.5 Å². The summed E-state index contributed by atoms with van der Waals surface area (Å²) in [7, 11) is 0. The van der Waals surface area contributed by atoms with Gasteiger partial charge in [0, 0.05) is 28.9 Å². The van der Waals surface area contributed by atoms with Crippen LogP contribution in [0.2, 0.25) is 0 Å². The summed E-state index contributed by atoms with van der Waals surface area (Å²) in [5.41, 5.74) is 0. The monoisotopic (exact) mass is 253 g/mol. The first-order valence-corrected chi connectivity index (χ1v) is 6.84. The molecule has 1 aliphatic rings. The molecule has 3 unspecified atom stereocenters. The fraction of sp³-hybridized carbons (Fsp3) is 0.615. The molecule has 1 fully saturated rings. The van der Waals surface area contributed by atoms with E-state index in [0.29, 0.717) is 12.6 Å². The van der Waals surface area contributed by atoms with Crippen molar-refractivity contribution < 1.29 is 9.90 Å². The minimum Gasteiger partial charge on any atom is -0.481 e. The average molecular weight is 253 g/mol. The van der Waals surface area contributed by atoms with Gasteiger partial charge in [-0.1, -0.05) is 6.92 Å². The van der Waals surface area contributed by atoms with Gasteiger partial charge in [0.15, 0.2) is 0 Å². The van der Waals surface area contributed by atoms with Gasteiger partial charge in [-0.25, -0.2) is 0 Å². The molecule has 0 aromatic carbocycles. The molecule has 2 heterocycles. The number of aryl methyl sites for hydroxylation is 1. The van der Waals surface area contributed by atoms with Crippen LogP contribution in [0.15, 0.2) is 12.1 Å². The molecule has 1 N–H and O–H groups in total. The zero-order valence-corrected chi connectivity index (χ0v) is 11.3. The van der Waals surface area contributed by atoms with Crippen LogP contribution in [0.1, 0.15) is 29.6 Å². The molecule has 0 amide bonds. The smallest absolute Gasteiger partial charge is 0.308 e. The Kier molecular flexibility index (Phi) is 3.54. The maximum atomic E-state index is 11.1. The maximum Gasteiger partial charge on any atom is 0.308 e. The summed E-state index contributed by atoms with van der Waals surface area (Å²) in [4.78, 5) is 16.0. The summed E-state index contributed by atoms with van der Waals surface area (Å²) in [5.74, 6) is -0.621. The molecule has 0 saturated carbocycles. The SMILES string of the molecule is Cc1ccc(C(C)N2CC(C)C(C(=O)O)C2)s1. The number of carbonyl (C=O) groups is 1. The Morgan fingerprint density at radius 2 is 2.24 bits per heavy atom. The van der Waals surface area contributed by atoms with Crippen molar-refractivity contribution in [1.82, 2.24) is 4.90 Å². The molecule has 3 atom stereocenters. The second kappa shape index (κ2) is 4.78. The molecule has 0 bridgehead atoms. The van der Waals surface area contributed by atoms with Gasteiger partial charge in [-0.15, -0.1) is 11.3 Å². The van der Waals surface area contributed by atoms with E-state index in [2.05, 4.69) is 30.9 Å². The second-order valence-corrected chi connectivity index (χ2v) is 6.32. The van der Waals surface area contributed by atoms with Crippen LogP contribution in [-0.2, 0) is 4.79 Å². The number of likely N-dealkylation sites (tertiary alicyclic amines) is 1. The van der Waals surface area contributed by atoms with E-state index in [0.717, 1.165) is 6.54 Å². The molecule has 0 spiro atoms. The third-order valence-electron chi connectivity index (χ3n) is 3.68. The van der Waals surface area contributed by atoms with E-state index in [9.17, 15) is 4.79 Å². The lowest BCUT2D eigenvalue weighted by Crippen LogP contribution is -2.25. The zero-order valence-electron chi connectivity index (χ0n) is 10.5. The first-order valence-electron chi connectivity index (χ1n) is 6.02. The van der Waals surface area contributed by atoms with Crippen LogP contribution in [0, 0.1) is 18.8 Å². The predicted molar refractivity (Wildman–Crippen MR) is 69.3 cm³/mol. The number of hydrogen-bond acceptors (Lipinski definition) is 3. The number of carboxylic acids is 1. The highest BCUT2D eigenvalue weighted by atomic mass is 32.1. The van der Waals surface area contributed by atoms with Gasteiger partial charge < -0.3 is 5.11 Å². The summed E-state index contributed by atoms with van der Waals surface area (Å²) in [6.07, 6.45) is 0. The Hall–Kier alpha value is -0.870. The van der Waals surface area contributed by atoms with Gasteiger partial charge in [0.1, 0.15) is 0 Å². The molecule has 94 valence electrons. The van der Waals surface area contributed by atoms with Crippen LogP contribution in [0.5, 0.6) is 0 Å². The summed E-state index contributed by atoms with van der Waals surface area (Å²) < 4.78 is 0. The van der Waals surface area contributed by atoms with E-state index in [4.69, 9.17) is 5.11 Å². The van der Waals surface area contributed by atoms with E-state index in [-0.39, 0.29) is 11.8 Å². The fourth-order valence-corrected chi connectivity index (χ4v) is 3.46. The number of nitrogens with zero attached hydrogens (tertiary/aromatic N) is 1. The molecule has 1 aromatic heterocycles. The summed E-state index contributed by atoms with van der Waals surface area (Å²) in [5, 5.41) is 9.13. The largest absolute Gasteiger partial charge is 0.481 e. The molecular weight excluding hydrogens is 234 g/mol. The Morgan fingerprint density at radius 1 is 1.53 bits per heavy atom. The highest BCUT2D eigenvalue weighted by Crippen LogP contribution is 2.33. The van der Waals surface area contributed by atoms with Gasteiger partial charge in [-0.05, 0) is 31.9 Å². The third-order valence-corrected chi connectivity index (χ3v) is 4.85. The van der Waals surface area contributed by atoms with Crippen LogP contribution >= 0.6 is 11.3 Å². The van der Waals surface area contributed by atoms with Crippen molar-refractivity contribution in [3.05, 3.63) is 21.9 Å². The number of aliphatic carboxylic acids is 1. The van der Waals surface area contributed by atoms with E-state index in [1.165, 1.54) is 9.75 Å². The highest BCUT2D eigenvalue weighted by Gasteiger charge is 2.37. The highest BCUT2D eigenvalue weighted by molar-refractivity contribution is 7.12. The Balaban J connectivity index is 2.07. The minimum absolute atomic E-state index is 0.210. The van der Waals surface area contributed by atoms with Crippen molar-refractivity contribution in [2.45, 2.75) is 26.8 Å². The molecule has 1 aromatic rings. The lowest BCUT2D eigenvalue weighted by atomic mass is 9.99. The lowest BCUT2D eigenvalue weighted by molar-refractivity contribution is -0.142. The van der Waals surface area contributed by atoms with E-state index >= 15 is 0 Å². The fourth-order valence-electron chi connectivity index (χ4n) is 2.50. The predicted octanol–water partition coefficient (Wildman–Crippen LogP) is 2.77. The normalized spacial score (nSPS) is 27.2. The van der Waals surface area contributed by atoms with Crippen molar-refractivity contribution in [3.63, 3.8) is 0 Å². The van der Waals surface area contributed by atoms with Crippen LogP contribution in [0.4, 0.5) is 0 Å². The molecule has 1 saturated heterocycles. The van der Waals surface area contributed by atoms with Crippen LogP contribution in [0.3, 0.4) is 0 Å². The number of rotatable bonds is 3. The zero-order chi connectivity index (χ0) is 12.6. The summed E-state index contributed by atoms with van der Waals surface area (Å²) in [6, 6.07) is 4.62. The Morgan fingerprint density at radius 3 is 2.71 bits per heavy atom. The maximum absolute atomic E-state index is 11.1. The van der Waals surface area contributed by atoms with Crippen molar-refractivity contribution in [2.75, 3.05) is 13.1 Å². The van der Waals surface area contributed by atoms with E-state index in [1.54, 1.807) is 11.3 Å². The van der Waals surface area contributed by atoms with Crippen molar-refractivity contribution in [3.8, 4) is 0 Å². The molecule has 0 aliphatic carbocycles. The van der Waals surface area contributed by atoms with Gasteiger partial charge in [0.2, 0.25) is 0 Å². The van der Waals surface area contributed by atoms with Crippen LogP contribution in [0.25, 0.3) is 0 Å². The number of thiophene rings is 1. The molecule has 17 heavy (non-hydrogen) atoms. The first-order chi connectivity index (χ1) is 7.99. The first kappa shape index (κ1) is 12.6. The molecule has 0 radical (unpaired) electrons. The van der Waals surface area contributed by atoms with Crippen LogP contribution < -0.4 is 0 Å². The van der Waals surface area contributed by atoms with Gasteiger partial charge in [-0.2, -0.15) is 0 Å². The molecule has 2 rings (SSSR count). The lowest BCUT2D eigenvalue weighted by Gasteiger charge is -2.23. The van der Waals surface area contributed by atoms with Gasteiger partial charge in [0.05, 0.1) is 5.92 Å². The Bertz CT molecular complexity index is 415. The van der Waals surface area contributed by atoms with E-state index < -0.39 is 5.97 Å². The Labute approximate surface area is 106 Å². The molecule has 3 nitrogen and oxygen atoms in total. The number of hydrogen-bond donors (Lipinski definition) is 1. The molecule has 1 aliphatic heterocycles. The minimum atomic E-state index is -0.658. The number of carboxylic acid groups (broad SMARTS) is 1. The molecule has 4 heteroatoms. The summed E-state index contributed by atoms with van der Waals surface area (Å²) >= 11 is 1.80. The van der Waals surface area contributed by atoms with Crippen molar-refractivity contribution >= 4 is 17.3 Å². The third kappa shape index (κ3) is 2.53. The summed E-state index contributed by atoms with van der Waals surface area (Å²) in [6.45, 7) is 7.87. The van der Waals surface area contributed by atoms with Crippen molar-refractivity contribution in [1.29, 1.82) is 0 Å². The standard InChI is InChI=1S/C13H19NO2S/c1-8-6-14(7-11(8)13(15)16)10(3)12-5-4-9(2)17-12/h4-5,8,10-11H,6-7H2,1-3H3,(H,15,16). The second-order valence-electron chi connectivity index (χ2n) is 5.00. The van der Waals surface area contributed by atoms with Crippen LogP contribution in [-0.4, -0.2) is 29.1 Å².